The molecule has 1 amide bonds. The fourth-order valence-corrected chi connectivity index (χ4v) is 3.78. The maximum atomic E-state index is 12.9. The molecule has 0 aliphatic carbocycles. The Kier molecular flexibility index (Phi) is 6.23. The van der Waals surface area contributed by atoms with Gasteiger partial charge < -0.3 is 9.80 Å². The molecule has 3 aromatic rings. The highest BCUT2D eigenvalue weighted by atomic mass is 35.5. The van der Waals surface area contributed by atoms with Crippen LogP contribution in [0.15, 0.2) is 54.7 Å². The highest BCUT2D eigenvalue weighted by molar-refractivity contribution is 6.30. The maximum absolute atomic E-state index is 12.9. The van der Waals surface area contributed by atoms with Gasteiger partial charge in [-0.05, 0) is 43.2 Å². The lowest BCUT2D eigenvalue weighted by molar-refractivity contribution is 0.0767. The summed E-state index contributed by atoms with van der Waals surface area (Å²) in [5, 5.41) is 0.576. The first-order chi connectivity index (χ1) is 14.6. The molecule has 7 heteroatoms. The number of benzene rings is 1. The van der Waals surface area contributed by atoms with Crippen molar-refractivity contribution < 1.29 is 4.79 Å². The topological polar surface area (TPSA) is 62.2 Å². The number of amides is 1. The van der Waals surface area contributed by atoms with Crippen LogP contribution in [0.2, 0.25) is 5.02 Å². The number of nitrogens with zero attached hydrogens (tertiary/aromatic N) is 5. The van der Waals surface area contributed by atoms with Crippen LogP contribution in [0.25, 0.3) is 11.5 Å². The van der Waals surface area contributed by atoms with Crippen LogP contribution in [-0.2, 0) is 6.42 Å². The first kappa shape index (κ1) is 20.3. The van der Waals surface area contributed by atoms with E-state index in [2.05, 4.69) is 21.8 Å². The molecule has 0 bridgehead atoms. The molecular weight excluding hydrogens is 398 g/mol. The Balaban J connectivity index is 1.54. The van der Waals surface area contributed by atoms with Gasteiger partial charge in [0.25, 0.3) is 5.91 Å². The third-order valence-corrected chi connectivity index (χ3v) is 5.44. The summed E-state index contributed by atoms with van der Waals surface area (Å²) in [6.07, 6.45) is 3.45. The SMILES string of the molecule is CCc1cc(N2CCCN(C(=O)c3cccc(Cl)c3)CC2)nc(-c2ccccn2)n1. The van der Waals surface area contributed by atoms with Crippen molar-refractivity contribution in [3.05, 3.63) is 71.0 Å². The Labute approximate surface area is 181 Å². The lowest BCUT2D eigenvalue weighted by Gasteiger charge is -2.23. The summed E-state index contributed by atoms with van der Waals surface area (Å²) in [4.78, 5) is 30.9. The number of aryl methyl sites for hydroxylation is 1. The van der Waals surface area contributed by atoms with Gasteiger partial charge in [-0.1, -0.05) is 30.7 Å². The molecule has 0 saturated carbocycles. The summed E-state index contributed by atoms with van der Waals surface area (Å²) in [7, 11) is 0. The zero-order chi connectivity index (χ0) is 20.9. The average Bonchev–Trinajstić information content (AvgIpc) is 3.05. The number of halogens is 1. The predicted molar refractivity (Wildman–Crippen MR) is 119 cm³/mol. The van der Waals surface area contributed by atoms with Crippen LogP contribution in [0.5, 0.6) is 0 Å². The van der Waals surface area contributed by atoms with Gasteiger partial charge in [0.05, 0.1) is 0 Å². The molecule has 6 nitrogen and oxygen atoms in total. The number of anilines is 1. The fraction of sp³-hybridized carbons (Fsp3) is 0.304. The van der Waals surface area contributed by atoms with E-state index in [-0.39, 0.29) is 5.91 Å². The summed E-state index contributed by atoms with van der Waals surface area (Å²) >= 11 is 6.06. The van der Waals surface area contributed by atoms with Crippen molar-refractivity contribution >= 4 is 23.3 Å². The predicted octanol–water partition coefficient (Wildman–Crippen LogP) is 4.11. The van der Waals surface area contributed by atoms with E-state index in [1.54, 1.807) is 18.3 Å². The summed E-state index contributed by atoms with van der Waals surface area (Å²) in [5.41, 5.74) is 2.38. The molecule has 1 aliphatic heterocycles. The molecule has 1 aliphatic rings. The van der Waals surface area contributed by atoms with Crippen molar-refractivity contribution in [2.24, 2.45) is 0 Å². The molecule has 0 unspecified atom stereocenters. The second kappa shape index (κ2) is 9.22. The van der Waals surface area contributed by atoms with E-state index in [0.717, 1.165) is 36.6 Å². The van der Waals surface area contributed by atoms with Crippen molar-refractivity contribution in [2.45, 2.75) is 19.8 Å². The standard InChI is InChI=1S/C23H24ClN5O/c1-2-19-16-21(27-22(26-19)20-9-3-4-10-25-20)28-11-6-12-29(14-13-28)23(30)17-7-5-8-18(24)15-17/h3-5,7-10,15-16H,2,6,11-14H2,1H3. The van der Waals surface area contributed by atoms with Gasteiger partial charge in [0, 0.05) is 54.7 Å². The van der Waals surface area contributed by atoms with Gasteiger partial charge in [-0.15, -0.1) is 0 Å². The number of aromatic nitrogens is 3. The van der Waals surface area contributed by atoms with E-state index >= 15 is 0 Å². The van der Waals surface area contributed by atoms with Crippen LogP contribution in [0.4, 0.5) is 5.82 Å². The summed E-state index contributed by atoms with van der Waals surface area (Å²) in [5.74, 6) is 1.55. The van der Waals surface area contributed by atoms with Gasteiger partial charge in [-0.25, -0.2) is 9.97 Å². The number of carbonyl (C=O) groups is 1. The number of rotatable bonds is 4. The molecule has 0 radical (unpaired) electrons. The lowest BCUT2D eigenvalue weighted by Crippen LogP contribution is -2.35. The van der Waals surface area contributed by atoms with Gasteiger partial charge in [0.2, 0.25) is 0 Å². The minimum Gasteiger partial charge on any atom is -0.355 e. The summed E-state index contributed by atoms with van der Waals surface area (Å²) < 4.78 is 0. The van der Waals surface area contributed by atoms with Gasteiger partial charge in [0.15, 0.2) is 5.82 Å². The molecule has 1 saturated heterocycles. The summed E-state index contributed by atoms with van der Waals surface area (Å²) in [6, 6.07) is 14.9. The first-order valence-electron chi connectivity index (χ1n) is 10.2. The van der Waals surface area contributed by atoms with E-state index in [9.17, 15) is 4.79 Å². The molecule has 1 fully saturated rings. The zero-order valence-corrected chi connectivity index (χ0v) is 17.7. The van der Waals surface area contributed by atoms with Crippen LogP contribution in [0, 0.1) is 0 Å². The quantitative estimate of drug-likeness (QED) is 0.634. The number of hydrogen-bond acceptors (Lipinski definition) is 5. The first-order valence-corrected chi connectivity index (χ1v) is 10.6. The summed E-state index contributed by atoms with van der Waals surface area (Å²) in [6.45, 7) is 4.98. The van der Waals surface area contributed by atoms with Crippen molar-refractivity contribution in [1.82, 2.24) is 19.9 Å². The van der Waals surface area contributed by atoms with Crippen LogP contribution < -0.4 is 4.90 Å². The second-order valence-electron chi connectivity index (χ2n) is 7.25. The van der Waals surface area contributed by atoms with Gasteiger partial charge in [-0.2, -0.15) is 0 Å². The molecule has 1 aromatic carbocycles. The van der Waals surface area contributed by atoms with Crippen LogP contribution in [0.1, 0.15) is 29.4 Å². The molecule has 2 aromatic heterocycles. The maximum Gasteiger partial charge on any atom is 0.253 e. The van der Waals surface area contributed by atoms with Gasteiger partial charge >= 0.3 is 0 Å². The van der Waals surface area contributed by atoms with Crippen LogP contribution in [0.3, 0.4) is 0 Å². The molecule has 3 heterocycles. The van der Waals surface area contributed by atoms with Crippen molar-refractivity contribution in [2.75, 3.05) is 31.1 Å². The Bertz CT molecular complexity index is 1030. The van der Waals surface area contributed by atoms with E-state index in [1.807, 2.05) is 41.3 Å². The monoisotopic (exact) mass is 421 g/mol. The minimum absolute atomic E-state index is 0.0189. The molecule has 4 rings (SSSR count). The normalized spacial score (nSPS) is 14.5. The Hall–Kier alpha value is -2.99. The van der Waals surface area contributed by atoms with E-state index in [1.165, 1.54) is 0 Å². The zero-order valence-electron chi connectivity index (χ0n) is 17.0. The van der Waals surface area contributed by atoms with Crippen molar-refractivity contribution in [3.63, 3.8) is 0 Å². The molecule has 0 spiro atoms. The fourth-order valence-electron chi connectivity index (χ4n) is 3.59. The Morgan fingerprint density at radius 1 is 1.03 bits per heavy atom. The van der Waals surface area contributed by atoms with Crippen molar-refractivity contribution in [1.29, 1.82) is 0 Å². The van der Waals surface area contributed by atoms with Gasteiger partial charge in [0.1, 0.15) is 11.5 Å². The number of hydrogen-bond donors (Lipinski definition) is 0. The van der Waals surface area contributed by atoms with Crippen LogP contribution >= 0.6 is 11.6 Å². The molecule has 154 valence electrons. The number of pyridine rings is 1. The van der Waals surface area contributed by atoms with E-state index in [4.69, 9.17) is 16.6 Å². The van der Waals surface area contributed by atoms with Crippen LogP contribution in [-0.4, -0.2) is 51.9 Å². The molecule has 30 heavy (non-hydrogen) atoms. The van der Waals surface area contributed by atoms with E-state index < -0.39 is 0 Å². The lowest BCUT2D eigenvalue weighted by atomic mass is 10.2. The minimum atomic E-state index is 0.0189. The highest BCUT2D eigenvalue weighted by Gasteiger charge is 2.22. The van der Waals surface area contributed by atoms with Crippen molar-refractivity contribution in [3.8, 4) is 11.5 Å². The average molecular weight is 422 g/mol. The number of carbonyl (C=O) groups excluding carboxylic acids is 1. The smallest absolute Gasteiger partial charge is 0.253 e. The Morgan fingerprint density at radius 2 is 1.93 bits per heavy atom. The van der Waals surface area contributed by atoms with E-state index in [0.29, 0.717) is 36.0 Å². The molecule has 0 N–H and O–H groups in total. The third-order valence-electron chi connectivity index (χ3n) is 5.20. The Morgan fingerprint density at radius 3 is 2.70 bits per heavy atom. The third kappa shape index (κ3) is 4.60. The van der Waals surface area contributed by atoms with Gasteiger partial charge in [-0.3, -0.25) is 9.78 Å². The largest absolute Gasteiger partial charge is 0.355 e. The second-order valence-corrected chi connectivity index (χ2v) is 7.69. The highest BCUT2D eigenvalue weighted by Crippen LogP contribution is 2.21. The molecule has 0 atom stereocenters. The molecular formula is C23H24ClN5O.